The van der Waals surface area contributed by atoms with Crippen molar-refractivity contribution in [2.45, 2.75) is 6.92 Å². The Morgan fingerprint density at radius 1 is 1.19 bits per heavy atom. The average molecular weight is 343 g/mol. The summed E-state index contributed by atoms with van der Waals surface area (Å²) in [5.41, 5.74) is 4.71. The summed E-state index contributed by atoms with van der Waals surface area (Å²) in [7, 11) is 0. The molecule has 3 aromatic heterocycles. The number of aromatic nitrogens is 2. The first-order chi connectivity index (χ1) is 12.7. The number of benzene rings is 1. The van der Waals surface area contributed by atoms with Crippen LogP contribution in [0, 0.1) is 6.92 Å². The highest BCUT2D eigenvalue weighted by atomic mass is 16.3. The van der Waals surface area contributed by atoms with Gasteiger partial charge in [-0.15, -0.1) is 0 Å². The largest absolute Gasteiger partial charge is 0.465 e. The fourth-order valence-electron chi connectivity index (χ4n) is 2.67. The molecule has 4 aromatic rings. The normalized spacial score (nSPS) is 11.3. The Bertz CT molecular complexity index is 1070. The van der Waals surface area contributed by atoms with Gasteiger partial charge in [-0.2, -0.15) is 0 Å². The van der Waals surface area contributed by atoms with Crippen molar-refractivity contribution in [3.05, 3.63) is 84.6 Å². The third-order valence-corrected chi connectivity index (χ3v) is 4.01. The second-order valence-corrected chi connectivity index (χ2v) is 6.01. The lowest BCUT2D eigenvalue weighted by atomic mass is 10.1. The number of aryl methyl sites for hydroxylation is 1. The lowest BCUT2D eigenvalue weighted by Gasteiger charge is -2.03. The Kier molecular flexibility index (Phi) is 4.11. The highest BCUT2D eigenvalue weighted by Crippen LogP contribution is 2.21. The summed E-state index contributed by atoms with van der Waals surface area (Å²) in [6, 6.07) is 15.3. The average Bonchev–Trinajstić information content (AvgIpc) is 3.29. The van der Waals surface area contributed by atoms with Crippen LogP contribution in [0.15, 0.2) is 77.7 Å². The molecule has 5 heteroatoms. The van der Waals surface area contributed by atoms with Gasteiger partial charge in [-0.1, -0.05) is 12.1 Å². The van der Waals surface area contributed by atoms with E-state index in [0.717, 1.165) is 22.6 Å². The molecule has 5 nitrogen and oxygen atoms in total. The number of nitrogens with zero attached hydrogens (tertiary/aromatic N) is 2. The van der Waals surface area contributed by atoms with Crippen molar-refractivity contribution in [3.63, 3.8) is 0 Å². The maximum absolute atomic E-state index is 12.0. The number of anilines is 1. The van der Waals surface area contributed by atoms with E-state index in [1.165, 1.54) is 11.6 Å². The van der Waals surface area contributed by atoms with E-state index in [0.29, 0.717) is 5.76 Å². The van der Waals surface area contributed by atoms with Crippen LogP contribution in [-0.2, 0) is 4.79 Å². The summed E-state index contributed by atoms with van der Waals surface area (Å²) >= 11 is 0. The molecule has 0 radical (unpaired) electrons. The van der Waals surface area contributed by atoms with Crippen molar-refractivity contribution in [3.8, 4) is 11.3 Å². The Balaban J connectivity index is 1.48. The fraction of sp³-hybridized carbons (Fsp3) is 0.0476. The second kappa shape index (κ2) is 6.72. The molecule has 128 valence electrons. The lowest BCUT2D eigenvalue weighted by molar-refractivity contribution is -0.111. The second-order valence-electron chi connectivity index (χ2n) is 6.01. The molecule has 1 aromatic carbocycles. The van der Waals surface area contributed by atoms with E-state index in [4.69, 9.17) is 4.42 Å². The van der Waals surface area contributed by atoms with Gasteiger partial charge in [-0.25, -0.2) is 4.98 Å². The van der Waals surface area contributed by atoms with Gasteiger partial charge in [0.2, 0.25) is 5.91 Å². The Morgan fingerprint density at radius 2 is 2.04 bits per heavy atom. The number of nitrogens with one attached hydrogen (secondary N) is 1. The maximum atomic E-state index is 12.0. The molecular weight excluding hydrogens is 326 g/mol. The van der Waals surface area contributed by atoms with Gasteiger partial charge in [0.05, 0.1) is 12.0 Å². The summed E-state index contributed by atoms with van der Waals surface area (Å²) < 4.78 is 7.15. The van der Waals surface area contributed by atoms with Crippen molar-refractivity contribution in [1.29, 1.82) is 0 Å². The van der Waals surface area contributed by atoms with Gasteiger partial charge < -0.3 is 14.1 Å². The van der Waals surface area contributed by atoms with Crippen molar-refractivity contribution >= 4 is 23.3 Å². The maximum Gasteiger partial charge on any atom is 0.248 e. The summed E-state index contributed by atoms with van der Waals surface area (Å²) in [5.74, 6) is 0.426. The third kappa shape index (κ3) is 3.42. The Hall–Kier alpha value is -3.60. The van der Waals surface area contributed by atoms with Crippen LogP contribution in [0.4, 0.5) is 5.69 Å². The van der Waals surface area contributed by atoms with Gasteiger partial charge in [-0.3, -0.25) is 4.79 Å². The van der Waals surface area contributed by atoms with Crippen LogP contribution in [-0.4, -0.2) is 15.3 Å². The third-order valence-electron chi connectivity index (χ3n) is 4.01. The van der Waals surface area contributed by atoms with E-state index < -0.39 is 0 Å². The van der Waals surface area contributed by atoms with E-state index >= 15 is 0 Å². The molecule has 26 heavy (non-hydrogen) atoms. The highest BCUT2D eigenvalue weighted by molar-refractivity contribution is 6.01. The van der Waals surface area contributed by atoms with Crippen molar-refractivity contribution in [2.75, 3.05) is 5.32 Å². The Labute approximate surface area is 150 Å². The SMILES string of the molecule is Cc1ccn2cc(-c3ccc(NC(=O)/C=C/c4ccco4)cc3)nc2c1. The topological polar surface area (TPSA) is 59.5 Å². The number of rotatable bonds is 4. The smallest absolute Gasteiger partial charge is 0.248 e. The zero-order valence-corrected chi connectivity index (χ0v) is 14.2. The number of amides is 1. The van der Waals surface area contributed by atoms with Gasteiger partial charge in [0, 0.05) is 29.7 Å². The van der Waals surface area contributed by atoms with E-state index in [2.05, 4.69) is 10.3 Å². The number of carbonyl (C=O) groups excluding carboxylic acids is 1. The minimum Gasteiger partial charge on any atom is -0.465 e. The molecule has 0 unspecified atom stereocenters. The van der Waals surface area contributed by atoms with E-state index in [1.54, 1.807) is 24.5 Å². The highest BCUT2D eigenvalue weighted by Gasteiger charge is 2.05. The van der Waals surface area contributed by atoms with E-state index in [1.807, 2.05) is 60.1 Å². The van der Waals surface area contributed by atoms with Crippen LogP contribution in [0.3, 0.4) is 0 Å². The zero-order chi connectivity index (χ0) is 17.9. The van der Waals surface area contributed by atoms with Crippen LogP contribution < -0.4 is 5.32 Å². The first-order valence-corrected chi connectivity index (χ1v) is 8.26. The molecule has 0 saturated heterocycles. The van der Waals surface area contributed by atoms with Crippen LogP contribution in [0.1, 0.15) is 11.3 Å². The lowest BCUT2D eigenvalue weighted by Crippen LogP contribution is -2.07. The minimum atomic E-state index is -0.211. The predicted molar refractivity (Wildman–Crippen MR) is 102 cm³/mol. The quantitative estimate of drug-likeness (QED) is 0.553. The molecule has 0 aliphatic heterocycles. The molecule has 0 fully saturated rings. The molecule has 0 atom stereocenters. The Morgan fingerprint density at radius 3 is 2.81 bits per heavy atom. The molecule has 1 amide bonds. The summed E-state index contributed by atoms with van der Waals surface area (Å²) in [6.07, 6.45) is 8.63. The molecule has 0 bridgehead atoms. The number of pyridine rings is 1. The number of carbonyl (C=O) groups is 1. The molecule has 0 saturated carbocycles. The van der Waals surface area contributed by atoms with Crippen LogP contribution in [0.5, 0.6) is 0 Å². The van der Waals surface area contributed by atoms with Gasteiger partial charge in [0.15, 0.2) is 0 Å². The van der Waals surface area contributed by atoms with Crippen LogP contribution in [0.25, 0.3) is 23.0 Å². The summed E-state index contributed by atoms with van der Waals surface area (Å²) in [4.78, 5) is 16.6. The van der Waals surface area contributed by atoms with Crippen LogP contribution in [0.2, 0.25) is 0 Å². The molecular formula is C21H17N3O2. The standard InChI is InChI=1S/C21H17N3O2/c1-15-10-11-24-14-19(23-20(24)13-15)16-4-6-17(7-5-16)22-21(25)9-8-18-3-2-12-26-18/h2-14H,1H3,(H,22,25)/b9-8+. The van der Waals surface area contributed by atoms with Crippen molar-refractivity contribution in [1.82, 2.24) is 9.38 Å². The molecule has 0 aliphatic rings. The molecule has 0 spiro atoms. The molecule has 4 rings (SSSR count). The molecule has 1 N–H and O–H groups in total. The molecule has 3 heterocycles. The van der Waals surface area contributed by atoms with Crippen molar-refractivity contribution < 1.29 is 9.21 Å². The van der Waals surface area contributed by atoms with Crippen molar-refractivity contribution in [2.24, 2.45) is 0 Å². The first-order valence-electron chi connectivity index (χ1n) is 8.26. The van der Waals surface area contributed by atoms with Crippen LogP contribution >= 0.6 is 0 Å². The number of fused-ring (bicyclic) bond motifs is 1. The number of imidazole rings is 1. The monoisotopic (exact) mass is 343 g/mol. The summed E-state index contributed by atoms with van der Waals surface area (Å²) in [6.45, 7) is 2.05. The predicted octanol–water partition coefficient (Wildman–Crippen LogP) is 4.55. The number of hydrogen-bond donors (Lipinski definition) is 1. The van der Waals surface area contributed by atoms with Gasteiger partial charge in [0.25, 0.3) is 0 Å². The summed E-state index contributed by atoms with van der Waals surface area (Å²) in [5, 5.41) is 2.82. The number of hydrogen-bond acceptors (Lipinski definition) is 3. The van der Waals surface area contributed by atoms with Gasteiger partial charge in [0.1, 0.15) is 11.4 Å². The van der Waals surface area contributed by atoms with Gasteiger partial charge >= 0.3 is 0 Å². The zero-order valence-electron chi connectivity index (χ0n) is 14.2. The fourth-order valence-corrected chi connectivity index (χ4v) is 2.67. The number of furan rings is 1. The minimum absolute atomic E-state index is 0.211. The first kappa shape index (κ1) is 15.9. The van der Waals surface area contributed by atoms with E-state index in [-0.39, 0.29) is 5.91 Å². The van der Waals surface area contributed by atoms with E-state index in [9.17, 15) is 4.79 Å². The molecule has 0 aliphatic carbocycles. The van der Waals surface area contributed by atoms with Gasteiger partial charge in [-0.05, 0) is 55.0 Å².